The Hall–Kier alpha value is -4.66. The number of ether oxygens (including phenoxy) is 1. The number of carbonyl (C=O) groups excluding carboxylic acids is 2. The van der Waals surface area contributed by atoms with Crippen molar-refractivity contribution in [2.45, 2.75) is 19.4 Å². The molecule has 190 valence electrons. The number of hydrogen-bond donors (Lipinski definition) is 3. The summed E-state index contributed by atoms with van der Waals surface area (Å²) in [6.07, 6.45) is 0.725. The molecule has 4 aromatic rings. The van der Waals surface area contributed by atoms with Crippen molar-refractivity contribution >= 4 is 40.1 Å². The number of para-hydroxylation sites is 1. The summed E-state index contributed by atoms with van der Waals surface area (Å²) in [4.78, 5) is 31.6. The minimum atomic E-state index is -0.300. The molecular weight excluding hydrogens is 468 g/mol. The van der Waals surface area contributed by atoms with Crippen LogP contribution in [0.25, 0.3) is 11.0 Å². The Kier molecular flexibility index (Phi) is 7.83. The second-order valence-corrected chi connectivity index (χ2v) is 8.61. The predicted molar refractivity (Wildman–Crippen MR) is 145 cm³/mol. The van der Waals surface area contributed by atoms with Gasteiger partial charge in [-0.1, -0.05) is 18.2 Å². The second-order valence-electron chi connectivity index (χ2n) is 8.61. The summed E-state index contributed by atoms with van der Waals surface area (Å²) >= 11 is 0. The number of nitrogen functional groups attached to an aromatic ring is 1. The highest BCUT2D eigenvalue weighted by Crippen LogP contribution is 2.22. The van der Waals surface area contributed by atoms with Crippen LogP contribution < -0.4 is 16.0 Å². The molecular formula is C28H30N6O3. The van der Waals surface area contributed by atoms with Crippen molar-refractivity contribution in [1.29, 1.82) is 5.41 Å². The Labute approximate surface area is 215 Å². The van der Waals surface area contributed by atoms with E-state index in [4.69, 9.17) is 20.9 Å². The average molecular weight is 499 g/mol. The highest BCUT2D eigenvalue weighted by Gasteiger charge is 2.19. The molecule has 1 heterocycles. The molecule has 9 heteroatoms. The third kappa shape index (κ3) is 5.95. The van der Waals surface area contributed by atoms with Crippen LogP contribution in [-0.2, 0) is 23.1 Å². The molecule has 1 amide bonds. The normalized spacial score (nSPS) is 10.8. The van der Waals surface area contributed by atoms with Crippen LogP contribution in [0.4, 0.5) is 11.4 Å². The zero-order chi connectivity index (χ0) is 26.4. The van der Waals surface area contributed by atoms with Crippen LogP contribution in [0.1, 0.15) is 34.6 Å². The fraction of sp³-hybridized carbons (Fsp3) is 0.214. The first-order valence-corrected chi connectivity index (χ1v) is 11.9. The number of aromatic nitrogens is 2. The largest absolute Gasteiger partial charge is 0.469 e. The predicted octanol–water partition coefficient (Wildman–Crippen LogP) is 4.07. The molecule has 0 aliphatic heterocycles. The number of anilines is 2. The molecule has 0 unspecified atom stereocenters. The number of hydrogen-bond acceptors (Lipinski definition) is 6. The number of aryl methyl sites for hydroxylation is 1. The third-order valence-electron chi connectivity index (χ3n) is 6.17. The van der Waals surface area contributed by atoms with Gasteiger partial charge in [0.1, 0.15) is 11.7 Å². The van der Waals surface area contributed by atoms with Crippen molar-refractivity contribution in [3.05, 3.63) is 89.7 Å². The molecule has 3 aromatic carbocycles. The lowest BCUT2D eigenvalue weighted by atomic mass is 10.1. The summed E-state index contributed by atoms with van der Waals surface area (Å²) in [5.74, 6) is 0.384. The quantitative estimate of drug-likeness (QED) is 0.172. The summed E-state index contributed by atoms with van der Waals surface area (Å²) in [6, 6.07) is 22.2. The Bertz CT molecular complexity index is 1410. The van der Waals surface area contributed by atoms with Crippen molar-refractivity contribution in [3.8, 4) is 0 Å². The van der Waals surface area contributed by atoms with Gasteiger partial charge in [0.2, 0.25) is 0 Å². The Morgan fingerprint density at radius 2 is 1.76 bits per heavy atom. The molecule has 0 fully saturated rings. The van der Waals surface area contributed by atoms with Gasteiger partial charge in [-0.15, -0.1) is 0 Å². The van der Waals surface area contributed by atoms with Crippen LogP contribution in [0.15, 0.2) is 72.8 Å². The molecule has 0 radical (unpaired) electrons. The van der Waals surface area contributed by atoms with Crippen LogP contribution >= 0.6 is 0 Å². The number of methoxy groups -OCH3 is 1. The zero-order valence-electron chi connectivity index (χ0n) is 20.9. The van der Waals surface area contributed by atoms with Crippen molar-refractivity contribution in [1.82, 2.24) is 9.55 Å². The van der Waals surface area contributed by atoms with Crippen LogP contribution in [0.3, 0.4) is 0 Å². The van der Waals surface area contributed by atoms with E-state index >= 15 is 0 Å². The Morgan fingerprint density at radius 3 is 2.43 bits per heavy atom. The molecule has 4 rings (SSSR count). The smallest absolute Gasteiger partial charge is 0.305 e. The number of rotatable bonds is 10. The molecule has 37 heavy (non-hydrogen) atoms. The van der Waals surface area contributed by atoms with Gasteiger partial charge in [-0.25, -0.2) is 4.98 Å². The highest BCUT2D eigenvalue weighted by atomic mass is 16.5. The fourth-order valence-corrected chi connectivity index (χ4v) is 4.08. The molecule has 0 aliphatic rings. The molecule has 9 nitrogen and oxygen atoms in total. The van der Waals surface area contributed by atoms with Gasteiger partial charge >= 0.3 is 5.97 Å². The third-order valence-corrected chi connectivity index (χ3v) is 6.17. The monoisotopic (exact) mass is 498 g/mol. The maximum absolute atomic E-state index is 13.6. The van der Waals surface area contributed by atoms with Gasteiger partial charge in [-0.05, 0) is 61.0 Å². The molecule has 0 spiro atoms. The number of nitrogens with two attached hydrogens (primary N) is 1. The van der Waals surface area contributed by atoms with E-state index in [1.165, 1.54) is 7.11 Å². The number of amidine groups is 1. The van der Waals surface area contributed by atoms with Gasteiger partial charge in [-0.3, -0.25) is 15.0 Å². The minimum Gasteiger partial charge on any atom is -0.469 e. The molecule has 0 aliphatic carbocycles. The summed E-state index contributed by atoms with van der Waals surface area (Å²) < 4.78 is 6.73. The first kappa shape index (κ1) is 25.4. The zero-order valence-corrected chi connectivity index (χ0v) is 20.9. The van der Waals surface area contributed by atoms with E-state index in [1.54, 1.807) is 29.2 Å². The maximum Gasteiger partial charge on any atom is 0.305 e. The maximum atomic E-state index is 13.6. The SMILES string of the molecule is COC(=O)CCCN(C(=O)c1ccc2c(c1)nc(CNc1ccc(C(=N)N)cc1)n2C)c1ccccc1. The van der Waals surface area contributed by atoms with E-state index in [9.17, 15) is 9.59 Å². The Balaban J connectivity index is 1.53. The van der Waals surface area contributed by atoms with Crippen LogP contribution in [0.2, 0.25) is 0 Å². The summed E-state index contributed by atoms with van der Waals surface area (Å²) in [5, 5.41) is 10.8. The number of carbonyl (C=O) groups is 2. The standard InChI is InChI=1S/C28H30N6O3/c1-33-24-15-12-20(28(36)34(16-6-9-26(35)37-2)22-7-4-3-5-8-22)17-23(24)32-25(33)18-31-21-13-10-19(11-14-21)27(29)30/h3-5,7-8,10-15,17,31H,6,9,16,18H2,1-2H3,(H3,29,30). The number of nitrogens with zero attached hydrogens (tertiary/aromatic N) is 3. The number of nitrogens with one attached hydrogen (secondary N) is 2. The van der Waals surface area contributed by atoms with Gasteiger partial charge in [0.25, 0.3) is 5.91 Å². The van der Waals surface area contributed by atoms with E-state index < -0.39 is 0 Å². The number of imidazole rings is 1. The lowest BCUT2D eigenvalue weighted by Gasteiger charge is -2.23. The number of amides is 1. The van der Waals surface area contributed by atoms with Gasteiger partial charge in [0, 0.05) is 42.5 Å². The fourth-order valence-electron chi connectivity index (χ4n) is 4.08. The molecule has 0 atom stereocenters. The molecule has 1 aromatic heterocycles. The van der Waals surface area contributed by atoms with Gasteiger partial charge in [-0.2, -0.15) is 0 Å². The van der Waals surface area contributed by atoms with Crippen molar-refractivity contribution in [3.63, 3.8) is 0 Å². The summed E-state index contributed by atoms with van der Waals surface area (Å²) in [5.41, 5.74) is 10.00. The lowest BCUT2D eigenvalue weighted by molar-refractivity contribution is -0.140. The van der Waals surface area contributed by atoms with Crippen LogP contribution in [-0.4, -0.2) is 40.9 Å². The summed E-state index contributed by atoms with van der Waals surface area (Å²) in [6.45, 7) is 0.868. The van der Waals surface area contributed by atoms with Crippen molar-refractivity contribution < 1.29 is 14.3 Å². The molecule has 4 N–H and O–H groups in total. The average Bonchev–Trinajstić information content (AvgIpc) is 3.24. The van der Waals surface area contributed by atoms with E-state index in [0.717, 1.165) is 28.2 Å². The van der Waals surface area contributed by atoms with E-state index in [2.05, 4.69) is 5.32 Å². The van der Waals surface area contributed by atoms with E-state index in [0.29, 0.717) is 30.6 Å². The van der Waals surface area contributed by atoms with Crippen LogP contribution in [0, 0.1) is 5.41 Å². The number of benzene rings is 3. The van der Waals surface area contributed by atoms with Gasteiger partial charge in [0.15, 0.2) is 0 Å². The van der Waals surface area contributed by atoms with E-state index in [1.807, 2.05) is 60.1 Å². The molecule has 0 bridgehead atoms. The van der Waals surface area contributed by atoms with Gasteiger partial charge in [0.05, 0.1) is 24.7 Å². The first-order valence-electron chi connectivity index (χ1n) is 11.9. The first-order chi connectivity index (χ1) is 17.9. The van der Waals surface area contributed by atoms with Crippen molar-refractivity contribution in [2.24, 2.45) is 12.8 Å². The Morgan fingerprint density at radius 1 is 1.05 bits per heavy atom. The minimum absolute atomic E-state index is 0.0292. The van der Waals surface area contributed by atoms with E-state index in [-0.39, 0.29) is 24.1 Å². The molecule has 0 saturated carbocycles. The highest BCUT2D eigenvalue weighted by molar-refractivity contribution is 6.07. The number of fused-ring (bicyclic) bond motifs is 1. The number of esters is 1. The lowest BCUT2D eigenvalue weighted by Crippen LogP contribution is -2.32. The van der Waals surface area contributed by atoms with Crippen LogP contribution in [0.5, 0.6) is 0 Å². The second kappa shape index (κ2) is 11.4. The topological polar surface area (TPSA) is 126 Å². The van der Waals surface area contributed by atoms with Gasteiger partial charge < -0.3 is 25.3 Å². The summed E-state index contributed by atoms with van der Waals surface area (Å²) in [7, 11) is 3.30. The van der Waals surface area contributed by atoms with Crippen molar-refractivity contribution in [2.75, 3.05) is 23.9 Å². The molecule has 0 saturated heterocycles.